The van der Waals surface area contributed by atoms with Crippen LogP contribution in [0, 0.1) is 0 Å². The molecule has 0 aliphatic carbocycles. The van der Waals surface area contributed by atoms with Crippen molar-refractivity contribution in [1.29, 1.82) is 0 Å². The van der Waals surface area contributed by atoms with Crippen molar-refractivity contribution in [3.05, 3.63) is 29.3 Å². The average molecular weight is 283 g/mol. The van der Waals surface area contributed by atoms with Crippen LogP contribution >= 0.6 is 34.7 Å². The van der Waals surface area contributed by atoms with Crippen molar-refractivity contribution < 1.29 is 4.42 Å². The fourth-order valence-electron chi connectivity index (χ4n) is 1.54. The Balaban J connectivity index is 2.20. The molecule has 0 N–H and O–H groups in total. The molecular weight excluding hydrogens is 276 g/mol. The van der Waals surface area contributed by atoms with Gasteiger partial charge < -0.3 is 4.42 Å². The predicted octanol–water partition coefficient (Wildman–Crippen LogP) is 4.33. The molecule has 0 radical (unpaired) electrons. The van der Waals surface area contributed by atoms with Gasteiger partial charge in [0.15, 0.2) is 0 Å². The first-order valence-electron chi connectivity index (χ1n) is 4.84. The summed E-state index contributed by atoms with van der Waals surface area (Å²) < 4.78 is 6.62. The van der Waals surface area contributed by atoms with E-state index in [1.807, 2.05) is 30.5 Å². The van der Waals surface area contributed by atoms with Gasteiger partial charge in [-0.3, -0.25) is 0 Å². The zero-order chi connectivity index (χ0) is 11.8. The van der Waals surface area contributed by atoms with Crippen LogP contribution in [-0.2, 0) is 0 Å². The lowest BCUT2D eigenvalue weighted by Gasteiger charge is -1.89. The Bertz CT molecular complexity index is 677. The van der Waals surface area contributed by atoms with Crippen LogP contribution in [0.4, 0.5) is 0 Å². The smallest absolute Gasteiger partial charge is 0.276 e. The van der Waals surface area contributed by atoms with Crippen LogP contribution in [0.25, 0.3) is 20.9 Å². The molecule has 1 aromatic carbocycles. The van der Waals surface area contributed by atoms with Crippen LogP contribution in [-0.4, -0.2) is 16.5 Å². The molecule has 86 valence electrons. The summed E-state index contributed by atoms with van der Waals surface area (Å²) in [6.45, 7) is 0. The van der Waals surface area contributed by atoms with Gasteiger partial charge >= 0.3 is 0 Å². The molecule has 0 saturated heterocycles. The highest BCUT2D eigenvalue weighted by Gasteiger charge is 2.17. The van der Waals surface area contributed by atoms with Gasteiger partial charge in [0.05, 0.1) is 5.02 Å². The van der Waals surface area contributed by atoms with E-state index < -0.39 is 0 Å². The Morgan fingerprint density at radius 1 is 1.29 bits per heavy atom. The molecule has 0 aliphatic rings. The summed E-state index contributed by atoms with van der Waals surface area (Å²) in [6.07, 6.45) is 1.89. The molecule has 3 aromatic rings. The molecule has 0 fully saturated rings. The number of halogens is 1. The van der Waals surface area contributed by atoms with E-state index in [0.29, 0.717) is 16.1 Å². The molecule has 0 atom stereocenters. The minimum atomic E-state index is 0.487. The summed E-state index contributed by atoms with van der Waals surface area (Å²) in [4.78, 5) is 0.834. The molecule has 6 heteroatoms. The first kappa shape index (κ1) is 11.1. The van der Waals surface area contributed by atoms with Crippen LogP contribution in [0.5, 0.6) is 0 Å². The topological polar surface area (TPSA) is 38.9 Å². The first-order chi connectivity index (χ1) is 8.29. The normalized spacial score (nSPS) is 11.2. The standard InChI is InChI=1S/C11H7ClN2OS2/c1-16-11-14-13-10(15-11)9-8(12)6-4-2-3-5-7(6)17-9/h2-5H,1H3. The maximum atomic E-state index is 6.32. The summed E-state index contributed by atoms with van der Waals surface area (Å²) in [7, 11) is 0. The number of hydrogen-bond donors (Lipinski definition) is 0. The molecule has 0 saturated carbocycles. The number of rotatable bonds is 2. The number of aromatic nitrogens is 2. The summed E-state index contributed by atoms with van der Waals surface area (Å²) >= 11 is 9.30. The Morgan fingerprint density at radius 3 is 2.82 bits per heavy atom. The second-order valence-corrected chi connectivity index (χ2v) is 5.51. The molecular formula is C11H7ClN2OS2. The van der Waals surface area contributed by atoms with Crippen molar-refractivity contribution >= 4 is 44.8 Å². The van der Waals surface area contributed by atoms with Gasteiger partial charge in [-0.05, 0) is 12.3 Å². The maximum Gasteiger partial charge on any atom is 0.276 e. The zero-order valence-corrected chi connectivity index (χ0v) is 11.2. The van der Waals surface area contributed by atoms with Gasteiger partial charge in [-0.2, -0.15) is 0 Å². The highest BCUT2D eigenvalue weighted by Crippen LogP contribution is 2.41. The SMILES string of the molecule is CSc1nnc(-c2sc3ccccc3c2Cl)o1. The molecule has 2 heterocycles. The number of hydrogen-bond acceptors (Lipinski definition) is 5. The van der Waals surface area contributed by atoms with Gasteiger partial charge in [-0.25, -0.2) is 0 Å². The fraction of sp³-hybridized carbons (Fsp3) is 0.0909. The Hall–Kier alpha value is -1.04. The summed E-state index contributed by atoms with van der Waals surface area (Å²) in [5, 5.41) is 10.2. The molecule has 17 heavy (non-hydrogen) atoms. The third-order valence-electron chi connectivity index (χ3n) is 2.31. The molecule has 0 bridgehead atoms. The molecule has 3 nitrogen and oxygen atoms in total. The van der Waals surface area contributed by atoms with Crippen LogP contribution in [0.15, 0.2) is 33.9 Å². The fourth-order valence-corrected chi connectivity index (χ4v) is 3.25. The quantitative estimate of drug-likeness (QED) is 0.656. The van der Waals surface area contributed by atoms with Gasteiger partial charge in [0.2, 0.25) is 0 Å². The number of thiophene rings is 1. The van der Waals surface area contributed by atoms with Crippen molar-refractivity contribution in [3.8, 4) is 10.8 Å². The molecule has 0 spiro atoms. The van der Waals surface area contributed by atoms with E-state index in [2.05, 4.69) is 10.2 Å². The van der Waals surface area contributed by atoms with Gasteiger partial charge in [-0.15, -0.1) is 21.5 Å². The van der Waals surface area contributed by atoms with Crippen LogP contribution < -0.4 is 0 Å². The molecule has 2 aromatic heterocycles. The van der Waals surface area contributed by atoms with E-state index in [-0.39, 0.29) is 0 Å². The van der Waals surface area contributed by atoms with E-state index in [4.69, 9.17) is 16.0 Å². The van der Waals surface area contributed by atoms with E-state index in [0.717, 1.165) is 15.0 Å². The molecule has 0 amide bonds. The number of nitrogens with zero attached hydrogens (tertiary/aromatic N) is 2. The highest BCUT2D eigenvalue weighted by atomic mass is 35.5. The molecule has 3 rings (SSSR count). The second kappa shape index (κ2) is 4.33. The minimum absolute atomic E-state index is 0.487. The number of thioether (sulfide) groups is 1. The largest absolute Gasteiger partial charge is 0.410 e. The number of fused-ring (bicyclic) bond motifs is 1. The van der Waals surface area contributed by atoms with Crippen molar-refractivity contribution in [2.75, 3.05) is 6.26 Å². The second-order valence-electron chi connectivity index (χ2n) is 3.32. The first-order valence-corrected chi connectivity index (χ1v) is 7.26. The lowest BCUT2D eigenvalue weighted by Crippen LogP contribution is -1.72. The lowest BCUT2D eigenvalue weighted by molar-refractivity contribution is 0.467. The third-order valence-corrected chi connectivity index (χ3v) is 4.49. The van der Waals surface area contributed by atoms with Gasteiger partial charge in [0.25, 0.3) is 11.1 Å². The van der Waals surface area contributed by atoms with Gasteiger partial charge in [0, 0.05) is 10.1 Å². The van der Waals surface area contributed by atoms with Crippen molar-refractivity contribution in [3.63, 3.8) is 0 Å². The zero-order valence-electron chi connectivity index (χ0n) is 8.81. The van der Waals surface area contributed by atoms with Crippen LogP contribution in [0.2, 0.25) is 5.02 Å². The summed E-state index contributed by atoms with van der Waals surface area (Å²) in [5.41, 5.74) is 0. The molecule has 0 unspecified atom stereocenters. The van der Waals surface area contributed by atoms with Crippen molar-refractivity contribution in [2.24, 2.45) is 0 Å². The Labute approximate surface area is 111 Å². The van der Waals surface area contributed by atoms with Crippen molar-refractivity contribution in [2.45, 2.75) is 5.22 Å². The van der Waals surface area contributed by atoms with E-state index in [1.165, 1.54) is 11.8 Å². The Morgan fingerprint density at radius 2 is 2.12 bits per heavy atom. The maximum absolute atomic E-state index is 6.32. The predicted molar refractivity (Wildman–Crippen MR) is 71.9 cm³/mol. The monoisotopic (exact) mass is 282 g/mol. The van der Waals surface area contributed by atoms with E-state index >= 15 is 0 Å². The van der Waals surface area contributed by atoms with Gasteiger partial charge in [-0.1, -0.05) is 41.6 Å². The molecule has 0 aliphatic heterocycles. The van der Waals surface area contributed by atoms with Crippen LogP contribution in [0.1, 0.15) is 0 Å². The van der Waals surface area contributed by atoms with Crippen molar-refractivity contribution in [1.82, 2.24) is 10.2 Å². The lowest BCUT2D eigenvalue weighted by atomic mass is 10.2. The van der Waals surface area contributed by atoms with Crippen LogP contribution in [0.3, 0.4) is 0 Å². The Kier molecular flexibility index (Phi) is 2.82. The minimum Gasteiger partial charge on any atom is -0.410 e. The van der Waals surface area contributed by atoms with E-state index in [9.17, 15) is 0 Å². The van der Waals surface area contributed by atoms with E-state index in [1.54, 1.807) is 11.3 Å². The third kappa shape index (κ3) is 1.84. The number of benzene rings is 1. The summed E-state index contributed by atoms with van der Waals surface area (Å²) in [5.74, 6) is 0.487. The average Bonchev–Trinajstić information content (AvgIpc) is 2.95. The highest BCUT2D eigenvalue weighted by molar-refractivity contribution is 7.98. The summed E-state index contributed by atoms with van der Waals surface area (Å²) in [6, 6.07) is 7.97. The van der Waals surface area contributed by atoms with Gasteiger partial charge in [0.1, 0.15) is 4.88 Å².